The largest absolute Gasteiger partial charge is 0.337 e. The van der Waals surface area contributed by atoms with E-state index < -0.39 is 21.9 Å². The number of nitrogens with zero attached hydrogens (tertiary/aromatic N) is 2. The molecule has 192 valence electrons. The van der Waals surface area contributed by atoms with Gasteiger partial charge < -0.3 is 21.3 Å². The summed E-state index contributed by atoms with van der Waals surface area (Å²) in [4.78, 5) is 45.9. The Morgan fingerprint density at radius 1 is 0.889 bits per heavy atom. The number of benzene rings is 2. The number of nitro benzene ring substituents is 2. The van der Waals surface area contributed by atoms with E-state index in [9.17, 15) is 29.8 Å². The molecule has 1 fully saturated rings. The zero-order chi connectivity index (χ0) is 26.5. The van der Waals surface area contributed by atoms with Crippen LogP contribution in [0.1, 0.15) is 40.0 Å². The number of nitrogens with one attached hydrogen (secondary N) is 4. The molecule has 2 aromatic carbocycles. The minimum Gasteiger partial charge on any atom is -0.337 e. The highest BCUT2D eigenvalue weighted by Gasteiger charge is 2.42. The molecule has 0 radical (unpaired) electrons. The van der Waals surface area contributed by atoms with Gasteiger partial charge in [-0.25, -0.2) is 9.59 Å². The molecule has 12 heteroatoms. The summed E-state index contributed by atoms with van der Waals surface area (Å²) in [5, 5.41) is 33.0. The van der Waals surface area contributed by atoms with Crippen LogP contribution in [0.5, 0.6) is 0 Å². The molecule has 0 unspecified atom stereocenters. The molecular formula is C24H30N6O6. The summed E-state index contributed by atoms with van der Waals surface area (Å²) in [7, 11) is 0. The second kappa shape index (κ2) is 10.6. The fourth-order valence-electron chi connectivity index (χ4n) is 5.09. The summed E-state index contributed by atoms with van der Waals surface area (Å²) in [6, 6.07) is 10.3. The van der Waals surface area contributed by atoms with Gasteiger partial charge in [-0.2, -0.15) is 0 Å². The number of hydrogen-bond donors (Lipinski definition) is 4. The third kappa shape index (κ3) is 7.39. The molecule has 0 heterocycles. The maximum Gasteiger partial charge on any atom is 0.319 e. The average molecular weight is 499 g/mol. The highest BCUT2D eigenvalue weighted by atomic mass is 16.6. The lowest BCUT2D eigenvalue weighted by atomic mass is 9.62. The molecule has 36 heavy (non-hydrogen) atoms. The Morgan fingerprint density at radius 2 is 1.42 bits per heavy atom. The quantitative estimate of drug-likeness (QED) is 0.308. The van der Waals surface area contributed by atoms with Gasteiger partial charge >= 0.3 is 12.1 Å². The van der Waals surface area contributed by atoms with Gasteiger partial charge in [0.05, 0.1) is 9.85 Å². The summed E-state index contributed by atoms with van der Waals surface area (Å²) in [5.74, 6) is 0. The third-order valence-electron chi connectivity index (χ3n) is 6.08. The Labute approximate surface area is 208 Å². The van der Waals surface area contributed by atoms with Crippen LogP contribution >= 0.6 is 0 Å². The highest BCUT2D eigenvalue weighted by Crippen LogP contribution is 2.45. The smallest absolute Gasteiger partial charge is 0.319 e. The number of nitro groups is 2. The molecule has 0 saturated heterocycles. The maximum atomic E-state index is 12.6. The molecule has 1 aliphatic rings. The molecule has 0 bridgehead atoms. The van der Waals surface area contributed by atoms with E-state index in [2.05, 4.69) is 35.1 Å². The molecule has 0 aromatic heterocycles. The van der Waals surface area contributed by atoms with Gasteiger partial charge in [0.25, 0.3) is 11.4 Å². The van der Waals surface area contributed by atoms with E-state index >= 15 is 0 Å². The van der Waals surface area contributed by atoms with Gasteiger partial charge in [0.2, 0.25) is 0 Å². The number of amides is 4. The fraction of sp³-hybridized carbons (Fsp3) is 0.417. The van der Waals surface area contributed by atoms with Crippen LogP contribution in [-0.2, 0) is 0 Å². The molecule has 0 aliphatic heterocycles. The van der Waals surface area contributed by atoms with Crippen LogP contribution in [0.25, 0.3) is 0 Å². The SMILES string of the molecule is CC1(C)C[C@@H](NC(=O)Nc2cccc([N+](=O)[O-])c2)C[C@@](C)(CNC(=O)Nc2cccc([N+](=O)[O-])c2)C1. The molecular weight excluding hydrogens is 468 g/mol. The highest BCUT2D eigenvalue weighted by molar-refractivity contribution is 5.90. The van der Waals surface area contributed by atoms with Crippen molar-refractivity contribution < 1.29 is 19.4 Å². The minimum atomic E-state index is -0.531. The van der Waals surface area contributed by atoms with Crippen LogP contribution in [-0.4, -0.2) is 34.5 Å². The zero-order valence-corrected chi connectivity index (χ0v) is 20.4. The van der Waals surface area contributed by atoms with Crippen molar-refractivity contribution in [3.05, 3.63) is 68.8 Å². The summed E-state index contributed by atoms with van der Waals surface area (Å²) in [6.45, 7) is 6.57. The Bertz CT molecular complexity index is 1170. The molecule has 2 atom stereocenters. The lowest BCUT2D eigenvalue weighted by Crippen LogP contribution is -2.51. The van der Waals surface area contributed by atoms with Crippen molar-refractivity contribution in [3.63, 3.8) is 0 Å². The first-order valence-electron chi connectivity index (χ1n) is 11.5. The van der Waals surface area contributed by atoms with Gasteiger partial charge in [-0.1, -0.05) is 32.9 Å². The summed E-state index contributed by atoms with van der Waals surface area (Å²) in [5.41, 5.74) is -0.0492. The fourth-order valence-corrected chi connectivity index (χ4v) is 5.09. The molecule has 1 saturated carbocycles. The van der Waals surface area contributed by atoms with E-state index in [4.69, 9.17) is 0 Å². The number of hydrogen-bond acceptors (Lipinski definition) is 6. The van der Waals surface area contributed by atoms with Gasteiger partial charge in [0.1, 0.15) is 0 Å². The van der Waals surface area contributed by atoms with Crippen LogP contribution in [0.15, 0.2) is 48.5 Å². The van der Waals surface area contributed by atoms with Crippen molar-refractivity contribution in [2.45, 2.75) is 46.1 Å². The summed E-state index contributed by atoms with van der Waals surface area (Å²) < 4.78 is 0. The summed E-state index contributed by atoms with van der Waals surface area (Å²) in [6.07, 6.45) is 2.14. The first-order valence-corrected chi connectivity index (χ1v) is 11.5. The van der Waals surface area contributed by atoms with E-state index in [0.29, 0.717) is 24.3 Å². The van der Waals surface area contributed by atoms with Crippen LogP contribution in [0.4, 0.5) is 32.3 Å². The van der Waals surface area contributed by atoms with Crippen molar-refractivity contribution >= 4 is 34.8 Å². The molecule has 4 amide bonds. The van der Waals surface area contributed by atoms with Crippen LogP contribution < -0.4 is 21.3 Å². The van der Waals surface area contributed by atoms with Crippen molar-refractivity contribution in [2.75, 3.05) is 17.2 Å². The normalized spacial score (nSPS) is 20.6. The predicted octanol–water partition coefficient (Wildman–Crippen LogP) is 5.03. The van der Waals surface area contributed by atoms with Gasteiger partial charge in [0.15, 0.2) is 0 Å². The van der Waals surface area contributed by atoms with Crippen molar-refractivity contribution in [3.8, 4) is 0 Å². The van der Waals surface area contributed by atoms with Gasteiger partial charge in [-0.3, -0.25) is 20.2 Å². The molecule has 1 aliphatic carbocycles. The minimum absolute atomic E-state index is 0.116. The Hall–Kier alpha value is -4.22. The molecule has 0 spiro atoms. The lowest BCUT2D eigenvalue weighted by molar-refractivity contribution is -0.385. The molecule has 2 aromatic rings. The lowest BCUT2D eigenvalue weighted by Gasteiger charge is -2.46. The van der Waals surface area contributed by atoms with Gasteiger partial charge in [-0.05, 0) is 42.2 Å². The number of urea groups is 2. The van der Waals surface area contributed by atoms with E-state index in [1.807, 2.05) is 6.92 Å². The van der Waals surface area contributed by atoms with Crippen LogP contribution in [0, 0.1) is 31.1 Å². The van der Waals surface area contributed by atoms with E-state index in [1.165, 1.54) is 36.4 Å². The number of anilines is 2. The maximum absolute atomic E-state index is 12.6. The van der Waals surface area contributed by atoms with Crippen molar-refractivity contribution in [1.82, 2.24) is 10.6 Å². The van der Waals surface area contributed by atoms with Gasteiger partial charge in [0, 0.05) is 48.2 Å². The van der Waals surface area contributed by atoms with Crippen molar-refractivity contribution in [2.24, 2.45) is 10.8 Å². The monoisotopic (exact) mass is 498 g/mol. The molecule has 3 rings (SSSR count). The standard InChI is InChI=1S/C24H30N6O6/c1-23(2)12-18(28-22(32)27-17-7-5-9-20(11-17)30(35)36)13-24(3,14-23)15-25-21(31)26-16-6-4-8-19(10-16)29(33)34/h4-11,18H,12-15H2,1-3H3,(H2,25,26,31)(H2,27,28,32)/t18-,24-/m1/s1. The number of rotatable bonds is 7. The summed E-state index contributed by atoms with van der Waals surface area (Å²) >= 11 is 0. The van der Waals surface area contributed by atoms with Gasteiger partial charge in [-0.15, -0.1) is 0 Å². The average Bonchev–Trinajstić information content (AvgIpc) is 2.76. The molecule has 4 N–H and O–H groups in total. The first kappa shape index (κ1) is 26.4. The zero-order valence-electron chi connectivity index (χ0n) is 20.4. The molecule has 12 nitrogen and oxygen atoms in total. The van der Waals surface area contributed by atoms with Crippen molar-refractivity contribution in [1.29, 1.82) is 0 Å². The van der Waals surface area contributed by atoms with E-state index in [1.54, 1.807) is 12.1 Å². The first-order chi connectivity index (χ1) is 16.8. The van der Waals surface area contributed by atoms with E-state index in [-0.39, 0.29) is 28.2 Å². The predicted molar refractivity (Wildman–Crippen MR) is 135 cm³/mol. The number of carbonyl (C=O) groups excluding carboxylic acids is 2. The second-order valence-electron chi connectivity index (χ2n) is 10.3. The number of carbonyl (C=O) groups is 2. The van der Waals surface area contributed by atoms with Crippen LogP contribution in [0.3, 0.4) is 0 Å². The Kier molecular flexibility index (Phi) is 7.76. The van der Waals surface area contributed by atoms with Crippen LogP contribution in [0.2, 0.25) is 0 Å². The third-order valence-corrected chi connectivity index (χ3v) is 6.08. The van der Waals surface area contributed by atoms with E-state index in [0.717, 1.165) is 12.8 Å². The topological polar surface area (TPSA) is 169 Å². The second-order valence-corrected chi connectivity index (χ2v) is 10.3. The Balaban J connectivity index is 1.58. The Morgan fingerprint density at radius 3 is 1.94 bits per heavy atom. The number of non-ortho nitro benzene ring substituents is 2.